The maximum Gasteiger partial charge on any atom is 0.337 e. The van der Waals surface area contributed by atoms with E-state index in [-0.39, 0.29) is 17.4 Å². The van der Waals surface area contributed by atoms with Gasteiger partial charge in [-0.2, -0.15) is 0 Å². The van der Waals surface area contributed by atoms with Crippen LogP contribution in [0.3, 0.4) is 0 Å². The van der Waals surface area contributed by atoms with E-state index < -0.39 is 23.7 Å². The average Bonchev–Trinajstić information content (AvgIpc) is 3.08. The Morgan fingerprint density at radius 3 is 2.17 bits per heavy atom. The Labute approximate surface area is 205 Å². The number of ketones is 1. The molecular formula is C27H32N2O6. The van der Waals surface area contributed by atoms with Crippen LogP contribution in [0.5, 0.6) is 5.75 Å². The van der Waals surface area contributed by atoms with Gasteiger partial charge in [0, 0.05) is 12.1 Å². The fourth-order valence-corrected chi connectivity index (χ4v) is 4.05. The van der Waals surface area contributed by atoms with Gasteiger partial charge in [-0.1, -0.05) is 12.1 Å². The molecule has 186 valence electrons. The quantitative estimate of drug-likeness (QED) is 0.253. The zero-order chi connectivity index (χ0) is 25.7. The number of amides is 1. The Bertz CT molecular complexity index is 1100. The lowest BCUT2D eigenvalue weighted by Crippen LogP contribution is -2.32. The molecule has 1 aliphatic heterocycles. The Morgan fingerprint density at radius 1 is 1.03 bits per heavy atom. The minimum absolute atomic E-state index is 0.00472. The molecule has 3 rings (SSSR count). The van der Waals surface area contributed by atoms with Crippen molar-refractivity contribution in [2.45, 2.75) is 32.4 Å². The van der Waals surface area contributed by atoms with E-state index in [0.29, 0.717) is 35.4 Å². The molecule has 0 radical (unpaired) electrons. The van der Waals surface area contributed by atoms with Crippen LogP contribution in [0.2, 0.25) is 0 Å². The summed E-state index contributed by atoms with van der Waals surface area (Å²) < 4.78 is 10.4. The van der Waals surface area contributed by atoms with Crippen molar-refractivity contribution in [2.75, 3.05) is 34.3 Å². The number of ether oxygens (including phenoxy) is 2. The molecule has 0 aliphatic carbocycles. The van der Waals surface area contributed by atoms with Crippen molar-refractivity contribution in [2.24, 2.45) is 0 Å². The molecule has 0 spiro atoms. The van der Waals surface area contributed by atoms with Crippen LogP contribution in [-0.2, 0) is 14.3 Å². The van der Waals surface area contributed by atoms with Gasteiger partial charge in [-0.3, -0.25) is 9.59 Å². The first-order valence-corrected chi connectivity index (χ1v) is 11.5. The predicted octanol–water partition coefficient (Wildman–Crippen LogP) is 3.63. The summed E-state index contributed by atoms with van der Waals surface area (Å²) in [6, 6.07) is 12.5. The summed E-state index contributed by atoms with van der Waals surface area (Å²) in [4.78, 5) is 41.5. The number of aliphatic hydroxyl groups excluding tert-OH is 1. The highest BCUT2D eigenvalue weighted by Crippen LogP contribution is 2.39. The highest BCUT2D eigenvalue weighted by atomic mass is 16.5. The molecule has 35 heavy (non-hydrogen) atoms. The van der Waals surface area contributed by atoms with Gasteiger partial charge < -0.3 is 24.4 Å². The van der Waals surface area contributed by atoms with Gasteiger partial charge in [0.25, 0.3) is 11.7 Å². The maximum atomic E-state index is 13.1. The van der Waals surface area contributed by atoms with Crippen LogP contribution < -0.4 is 4.74 Å². The first-order chi connectivity index (χ1) is 16.6. The fourth-order valence-electron chi connectivity index (χ4n) is 4.05. The average molecular weight is 481 g/mol. The second-order valence-electron chi connectivity index (χ2n) is 8.95. The number of esters is 1. The zero-order valence-electron chi connectivity index (χ0n) is 20.8. The third-order valence-electron chi connectivity index (χ3n) is 5.69. The van der Waals surface area contributed by atoms with Gasteiger partial charge in [-0.25, -0.2) is 4.79 Å². The minimum Gasteiger partial charge on any atom is -0.507 e. The van der Waals surface area contributed by atoms with Crippen molar-refractivity contribution >= 4 is 23.4 Å². The summed E-state index contributed by atoms with van der Waals surface area (Å²) in [6.07, 6.45) is 0.646. The molecule has 0 bridgehead atoms. The van der Waals surface area contributed by atoms with Crippen molar-refractivity contribution in [1.82, 2.24) is 9.80 Å². The summed E-state index contributed by atoms with van der Waals surface area (Å²) in [5.41, 5.74) is 1.39. The number of carbonyl (C=O) groups is 3. The third-order valence-corrected chi connectivity index (χ3v) is 5.69. The van der Waals surface area contributed by atoms with E-state index in [1.54, 1.807) is 48.5 Å². The first-order valence-electron chi connectivity index (χ1n) is 11.5. The molecule has 1 saturated heterocycles. The highest BCUT2D eigenvalue weighted by Gasteiger charge is 2.45. The van der Waals surface area contributed by atoms with E-state index in [0.717, 1.165) is 6.54 Å². The minimum atomic E-state index is -0.782. The number of nitrogens with zero attached hydrogens (tertiary/aromatic N) is 2. The Morgan fingerprint density at radius 2 is 1.63 bits per heavy atom. The number of hydrogen-bond acceptors (Lipinski definition) is 7. The van der Waals surface area contributed by atoms with Crippen LogP contribution >= 0.6 is 0 Å². The van der Waals surface area contributed by atoms with Gasteiger partial charge >= 0.3 is 5.97 Å². The van der Waals surface area contributed by atoms with Crippen molar-refractivity contribution in [3.05, 3.63) is 70.8 Å². The summed E-state index contributed by atoms with van der Waals surface area (Å²) in [5, 5.41) is 11.2. The van der Waals surface area contributed by atoms with Crippen LogP contribution in [0.25, 0.3) is 5.76 Å². The number of carbonyl (C=O) groups excluding carboxylic acids is 3. The third kappa shape index (κ3) is 5.89. The van der Waals surface area contributed by atoms with E-state index in [9.17, 15) is 19.5 Å². The molecule has 1 fully saturated rings. The second-order valence-corrected chi connectivity index (χ2v) is 8.95. The Balaban J connectivity index is 2.05. The summed E-state index contributed by atoms with van der Waals surface area (Å²) in [5.74, 6) is -1.50. The number of rotatable bonds is 9. The molecule has 1 aliphatic rings. The normalized spacial score (nSPS) is 17.3. The maximum absolute atomic E-state index is 13.1. The van der Waals surface area contributed by atoms with Crippen molar-refractivity contribution in [3.63, 3.8) is 0 Å². The standard InChI is InChI=1S/C27H32N2O6/c1-17(2)35-21-13-11-19(12-14-21)24(30)22-23(18-7-9-20(10-8-18)27(33)34-5)29(26(32)25(22)31)16-6-15-28(3)4/h7-14,17,23,30H,6,15-16H2,1-5H3/t23-/m1/s1. The molecule has 1 amide bonds. The lowest BCUT2D eigenvalue weighted by molar-refractivity contribution is -0.139. The van der Waals surface area contributed by atoms with Crippen LogP contribution in [0.15, 0.2) is 54.1 Å². The van der Waals surface area contributed by atoms with E-state index in [1.807, 2.05) is 32.8 Å². The van der Waals surface area contributed by atoms with Crippen LogP contribution in [-0.4, -0.2) is 73.0 Å². The van der Waals surface area contributed by atoms with E-state index in [4.69, 9.17) is 9.47 Å². The molecule has 0 unspecified atom stereocenters. The summed E-state index contributed by atoms with van der Waals surface area (Å²) in [7, 11) is 5.17. The predicted molar refractivity (Wildman–Crippen MR) is 132 cm³/mol. The fraction of sp³-hybridized carbons (Fsp3) is 0.370. The lowest BCUT2D eigenvalue weighted by Gasteiger charge is -2.26. The number of aliphatic hydroxyl groups is 1. The molecule has 8 nitrogen and oxygen atoms in total. The van der Waals surface area contributed by atoms with Crippen molar-refractivity contribution < 1.29 is 29.0 Å². The van der Waals surface area contributed by atoms with Gasteiger partial charge in [0.05, 0.1) is 30.4 Å². The molecular weight excluding hydrogens is 448 g/mol. The first kappa shape index (κ1) is 26.0. The smallest absolute Gasteiger partial charge is 0.337 e. The SMILES string of the molecule is COC(=O)c1ccc([C@@H]2C(=C(O)c3ccc(OC(C)C)cc3)C(=O)C(=O)N2CCCN(C)C)cc1. The molecule has 1 atom stereocenters. The second kappa shape index (κ2) is 11.2. The van der Waals surface area contributed by atoms with Crippen LogP contribution in [0.1, 0.15) is 47.8 Å². The van der Waals surface area contributed by atoms with Crippen LogP contribution in [0.4, 0.5) is 0 Å². The molecule has 1 heterocycles. The summed E-state index contributed by atoms with van der Waals surface area (Å²) in [6.45, 7) is 4.90. The molecule has 0 saturated carbocycles. The number of likely N-dealkylation sites (tertiary alicyclic amines) is 1. The number of hydrogen-bond donors (Lipinski definition) is 1. The lowest BCUT2D eigenvalue weighted by atomic mass is 9.94. The Hall–Kier alpha value is -3.65. The van der Waals surface area contributed by atoms with Crippen LogP contribution in [0, 0.1) is 0 Å². The van der Waals surface area contributed by atoms with E-state index >= 15 is 0 Å². The van der Waals surface area contributed by atoms with Gasteiger partial charge in [0.1, 0.15) is 11.5 Å². The number of benzene rings is 2. The molecule has 2 aromatic carbocycles. The van der Waals surface area contributed by atoms with Gasteiger partial charge in [-0.05, 0) is 82.9 Å². The van der Waals surface area contributed by atoms with Gasteiger partial charge in [-0.15, -0.1) is 0 Å². The van der Waals surface area contributed by atoms with Gasteiger partial charge in [0.15, 0.2) is 0 Å². The highest BCUT2D eigenvalue weighted by molar-refractivity contribution is 6.46. The monoisotopic (exact) mass is 480 g/mol. The topological polar surface area (TPSA) is 96.4 Å². The largest absolute Gasteiger partial charge is 0.507 e. The number of methoxy groups -OCH3 is 1. The molecule has 0 aromatic heterocycles. The van der Waals surface area contributed by atoms with Crippen molar-refractivity contribution in [1.29, 1.82) is 0 Å². The molecule has 8 heteroatoms. The van der Waals surface area contributed by atoms with Crippen molar-refractivity contribution in [3.8, 4) is 5.75 Å². The summed E-state index contributed by atoms with van der Waals surface area (Å²) >= 11 is 0. The molecule has 2 aromatic rings. The Kier molecular flexibility index (Phi) is 8.30. The van der Waals surface area contributed by atoms with E-state index in [1.165, 1.54) is 12.0 Å². The number of Topliss-reactive ketones (excluding diaryl/α,β-unsaturated/α-hetero) is 1. The van der Waals surface area contributed by atoms with Gasteiger partial charge in [0.2, 0.25) is 0 Å². The molecule has 1 N–H and O–H groups in total. The van der Waals surface area contributed by atoms with E-state index in [2.05, 4.69) is 0 Å². The zero-order valence-corrected chi connectivity index (χ0v) is 20.8.